The molecule has 1 saturated heterocycles. The topological polar surface area (TPSA) is 64.3 Å². The standard InChI is InChI=1S/C22H25N5OS/c1-23-22(28)19-6-5-18(29-19)21-17-12-15-11-14(3-4-16(15)20(17)24-25-21)13-27-9-7-26(2)8-10-27/h3-6,11H,7-10,12-13H2,1-2H3,(H,23,28)(H,24,25). The first kappa shape index (κ1) is 18.5. The molecule has 0 radical (unpaired) electrons. The number of amides is 1. The van der Waals surface area contributed by atoms with Gasteiger partial charge in [-0.1, -0.05) is 18.2 Å². The lowest BCUT2D eigenvalue weighted by molar-refractivity contribution is 0.0967. The predicted octanol–water partition coefficient (Wildman–Crippen LogP) is 2.82. The van der Waals surface area contributed by atoms with Gasteiger partial charge >= 0.3 is 0 Å². The average Bonchev–Trinajstić information content (AvgIpc) is 3.44. The van der Waals surface area contributed by atoms with E-state index in [2.05, 4.69) is 50.6 Å². The number of hydrogen-bond acceptors (Lipinski definition) is 5. The maximum absolute atomic E-state index is 11.9. The van der Waals surface area contributed by atoms with Crippen molar-refractivity contribution in [2.45, 2.75) is 13.0 Å². The van der Waals surface area contributed by atoms with Crippen molar-refractivity contribution in [1.82, 2.24) is 25.3 Å². The lowest BCUT2D eigenvalue weighted by atomic mass is 10.0. The van der Waals surface area contributed by atoms with Gasteiger partial charge in [0.05, 0.1) is 21.1 Å². The van der Waals surface area contributed by atoms with Gasteiger partial charge in [0.25, 0.3) is 5.91 Å². The summed E-state index contributed by atoms with van der Waals surface area (Å²) in [5.41, 5.74) is 7.29. The molecular formula is C22H25N5OS. The van der Waals surface area contributed by atoms with Crippen LogP contribution >= 0.6 is 11.3 Å². The number of rotatable bonds is 4. The average molecular weight is 408 g/mol. The van der Waals surface area contributed by atoms with Crippen LogP contribution < -0.4 is 5.32 Å². The number of nitrogens with one attached hydrogen (secondary N) is 2. The number of benzene rings is 1. The number of aromatic amines is 1. The molecule has 0 bridgehead atoms. The van der Waals surface area contributed by atoms with Crippen molar-refractivity contribution in [3.63, 3.8) is 0 Å². The number of thiophene rings is 1. The Morgan fingerprint density at radius 2 is 2.03 bits per heavy atom. The first-order valence-corrected chi connectivity index (χ1v) is 10.9. The third kappa shape index (κ3) is 3.39. The van der Waals surface area contributed by atoms with Crippen LogP contribution in [-0.4, -0.2) is 66.2 Å². The van der Waals surface area contributed by atoms with Crippen LogP contribution in [0.5, 0.6) is 0 Å². The van der Waals surface area contributed by atoms with Crippen LogP contribution in [0.15, 0.2) is 30.3 Å². The van der Waals surface area contributed by atoms with Gasteiger partial charge in [-0.3, -0.25) is 14.8 Å². The van der Waals surface area contributed by atoms with Gasteiger partial charge < -0.3 is 10.2 Å². The van der Waals surface area contributed by atoms with Crippen molar-refractivity contribution in [3.8, 4) is 21.8 Å². The molecule has 150 valence electrons. The number of likely N-dealkylation sites (N-methyl/N-ethyl adjacent to an activating group) is 1. The molecule has 1 aromatic carbocycles. The Morgan fingerprint density at radius 3 is 2.83 bits per heavy atom. The molecule has 0 unspecified atom stereocenters. The van der Waals surface area contributed by atoms with Crippen LogP contribution in [0.3, 0.4) is 0 Å². The van der Waals surface area contributed by atoms with Crippen LogP contribution in [0.4, 0.5) is 0 Å². The molecule has 3 aromatic rings. The van der Waals surface area contributed by atoms with E-state index in [1.54, 1.807) is 7.05 Å². The number of aromatic nitrogens is 2. The Morgan fingerprint density at radius 1 is 1.21 bits per heavy atom. The molecule has 2 aliphatic rings. The normalized spacial score (nSPS) is 16.6. The van der Waals surface area contributed by atoms with Crippen molar-refractivity contribution >= 4 is 17.2 Å². The largest absolute Gasteiger partial charge is 0.354 e. The zero-order chi connectivity index (χ0) is 20.0. The SMILES string of the molecule is CNC(=O)c1ccc(-c2[nH]nc3c2Cc2cc(CN4CCN(C)CC4)ccc2-3)s1. The minimum Gasteiger partial charge on any atom is -0.354 e. The molecule has 1 fully saturated rings. The van der Waals surface area contributed by atoms with E-state index in [4.69, 9.17) is 0 Å². The van der Waals surface area contributed by atoms with Gasteiger partial charge in [0.1, 0.15) is 0 Å². The maximum Gasteiger partial charge on any atom is 0.261 e. The third-order valence-corrected chi connectivity index (χ3v) is 7.07. The van der Waals surface area contributed by atoms with E-state index < -0.39 is 0 Å². The van der Waals surface area contributed by atoms with Gasteiger partial charge in [-0.05, 0) is 30.3 Å². The van der Waals surface area contributed by atoms with Crippen molar-refractivity contribution < 1.29 is 4.79 Å². The first-order chi connectivity index (χ1) is 14.1. The summed E-state index contributed by atoms with van der Waals surface area (Å²) in [5.74, 6) is -0.0470. The minimum absolute atomic E-state index is 0.0470. The van der Waals surface area contributed by atoms with Crippen LogP contribution in [0.2, 0.25) is 0 Å². The number of nitrogens with zero attached hydrogens (tertiary/aromatic N) is 3. The number of carbonyl (C=O) groups is 1. The number of hydrogen-bond donors (Lipinski definition) is 2. The molecule has 1 aliphatic carbocycles. The van der Waals surface area contributed by atoms with Crippen molar-refractivity contribution in [1.29, 1.82) is 0 Å². The molecule has 0 saturated carbocycles. The van der Waals surface area contributed by atoms with E-state index in [1.165, 1.54) is 33.6 Å². The fourth-order valence-corrected chi connectivity index (χ4v) is 5.23. The number of H-pyrrole nitrogens is 1. The number of carbonyl (C=O) groups excluding carboxylic acids is 1. The maximum atomic E-state index is 11.9. The highest BCUT2D eigenvalue weighted by atomic mass is 32.1. The van der Waals surface area contributed by atoms with Crippen LogP contribution in [0.25, 0.3) is 21.8 Å². The van der Waals surface area contributed by atoms with Crippen molar-refractivity contribution in [2.75, 3.05) is 40.3 Å². The molecule has 7 heteroatoms. The summed E-state index contributed by atoms with van der Waals surface area (Å²) in [4.78, 5) is 18.6. The predicted molar refractivity (Wildman–Crippen MR) is 116 cm³/mol. The molecule has 29 heavy (non-hydrogen) atoms. The van der Waals surface area contributed by atoms with E-state index in [-0.39, 0.29) is 5.91 Å². The highest BCUT2D eigenvalue weighted by Crippen LogP contribution is 2.42. The summed E-state index contributed by atoms with van der Waals surface area (Å²) in [6, 6.07) is 10.7. The van der Waals surface area contributed by atoms with Gasteiger partial charge in [-0.15, -0.1) is 11.3 Å². The van der Waals surface area contributed by atoms with E-state index in [1.807, 2.05) is 12.1 Å². The van der Waals surface area contributed by atoms with Crippen LogP contribution in [0.1, 0.15) is 26.4 Å². The molecule has 5 rings (SSSR count). The zero-order valence-electron chi connectivity index (χ0n) is 16.8. The highest BCUT2D eigenvalue weighted by molar-refractivity contribution is 7.17. The van der Waals surface area contributed by atoms with Gasteiger partial charge in [0.15, 0.2) is 0 Å². The van der Waals surface area contributed by atoms with Gasteiger partial charge in [0.2, 0.25) is 0 Å². The molecule has 6 nitrogen and oxygen atoms in total. The van der Waals surface area contributed by atoms with E-state index in [0.717, 1.165) is 60.3 Å². The zero-order valence-corrected chi connectivity index (χ0v) is 17.6. The van der Waals surface area contributed by atoms with Gasteiger partial charge in [-0.2, -0.15) is 5.10 Å². The fraction of sp³-hybridized carbons (Fsp3) is 0.364. The molecule has 0 spiro atoms. The summed E-state index contributed by atoms with van der Waals surface area (Å²) in [6.45, 7) is 5.56. The lowest BCUT2D eigenvalue weighted by Crippen LogP contribution is -2.43. The van der Waals surface area contributed by atoms with Crippen molar-refractivity contribution in [3.05, 3.63) is 51.9 Å². The molecule has 2 N–H and O–H groups in total. The summed E-state index contributed by atoms with van der Waals surface area (Å²) in [5, 5.41) is 10.5. The van der Waals surface area contributed by atoms with E-state index >= 15 is 0 Å². The molecule has 2 aromatic heterocycles. The Bertz CT molecular complexity index is 1060. The third-order valence-electron chi connectivity index (χ3n) is 5.96. The second-order valence-corrected chi connectivity index (χ2v) is 9.00. The quantitative estimate of drug-likeness (QED) is 0.546. The Balaban J connectivity index is 1.37. The summed E-state index contributed by atoms with van der Waals surface area (Å²) in [7, 11) is 3.85. The second kappa shape index (κ2) is 7.40. The number of piperazine rings is 1. The van der Waals surface area contributed by atoms with E-state index in [9.17, 15) is 4.79 Å². The smallest absolute Gasteiger partial charge is 0.261 e. The molecule has 0 atom stereocenters. The molecule has 1 amide bonds. The fourth-order valence-electron chi connectivity index (χ4n) is 4.26. The van der Waals surface area contributed by atoms with Gasteiger partial charge in [0, 0.05) is 57.3 Å². The highest BCUT2D eigenvalue weighted by Gasteiger charge is 2.26. The van der Waals surface area contributed by atoms with Gasteiger partial charge in [-0.25, -0.2) is 0 Å². The van der Waals surface area contributed by atoms with Crippen LogP contribution in [0, 0.1) is 0 Å². The van der Waals surface area contributed by atoms with Crippen molar-refractivity contribution in [2.24, 2.45) is 0 Å². The molecule has 1 aliphatic heterocycles. The summed E-state index contributed by atoms with van der Waals surface area (Å²) < 4.78 is 0. The van der Waals surface area contributed by atoms with E-state index in [0.29, 0.717) is 0 Å². The summed E-state index contributed by atoms with van der Waals surface area (Å²) >= 11 is 1.50. The molecular weight excluding hydrogens is 382 g/mol. The first-order valence-electron chi connectivity index (χ1n) is 10.0. The monoisotopic (exact) mass is 407 g/mol. The lowest BCUT2D eigenvalue weighted by Gasteiger charge is -2.32. The Kier molecular flexibility index (Phi) is 4.73. The minimum atomic E-state index is -0.0470. The number of fused-ring (bicyclic) bond motifs is 3. The second-order valence-electron chi connectivity index (χ2n) is 7.92. The Labute approximate surface area is 174 Å². The summed E-state index contributed by atoms with van der Waals surface area (Å²) in [6.07, 6.45) is 0.889. The van der Waals surface area contributed by atoms with Crippen LogP contribution in [-0.2, 0) is 13.0 Å². The molecule has 3 heterocycles. The Hall–Kier alpha value is -2.48.